The van der Waals surface area contributed by atoms with Crippen LogP contribution >= 0.6 is 12.4 Å². The van der Waals surface area contributed by atoms with E-state index in [1.807, 2.05) is 36.4 Å². The Morgan fingerprint density at radius 2 is 2.22 bits per heavy atom. The van der Waals surface area contributed by atoms with Crippen LogP contribution in [-0.2, 0) is 17.8 Å². The van der Waals surface area contributed by atoms with Gasteiger partial charge in [0.05, 0.1) is 0 Å². The molecule has 2 aromatic rings. The molecule has 2 N–H and O–H groups in total. The zero-order chi connectivity index (χ0) is 15.2. The minimum atomic E-state index is -0.00639. The SMILES string of the molecule is Cl.O=C(CCc1ccccn1)Nc1ccc2c(c1)CNCCO2. The van der Waals surface area contributed by atoms with Crippen molar-refractivity contribution in [2.24, 2.45) is 0 Å². The molecule has 0 saturated carbocycles. The second kappa shape index (κ2) is 8.50. The lowest BCUT2D eigenvalue weighted by Crippen LogP contribution is -2.16. The number of aromatic nitrogens is 1. The summed E-state index contributed by atoms with van der Waals surface area (Å²) in [6.07, 6.45) is 2.80. The highest BCUT2D eigenvalue weighted by Gasteiger charge is 2.10. The maximum atomic E-state index is 12.0. The van der Waals surface area contributed by atoms with Crippen LogP contribution in [0.5, 0.6) is 5.75 Å². The van der Waals surface area contributed by atoms with Gasteiger partial charge >= 0.3 is 0 Å². The molecule has 6 heteroatoms. The summed E-state index contributed by atoms with van der Waals surface area (Å²) in [5, 5.41) is 6.22. The molecule has 0 spiro atoms. The van der Waals surface area contributed by atoms with Crippen LogP contribution in [0.4, 0.5) is 5.69 Å². The first kappa shape index (κ1) is 17.2. The van der Waals surface area contributed by atoms with Crippen LogP contribution < -0.4 is 15.4 Å². The highest BCUT2D eigenvalue weighted by molar-refractivity contribution is 5.91. The van der Waals surface area contributed by atoms with Gasteiger partial charge in [0.25, 0.3) is 0 Å². The van der Waals surface area contributed by atoms with Crippen LogP contribution in [0.2, 0.25) is 0 Å². The number of carbonyl (C=O) groups excluding carboxylic acids is 1. The van der Waals surface area contributed by atoms with E-state index in [2.05, 4.69) is 15.6 Å². The van der Waals surface area contributed by atoms with Crippen molar-refractivity contribution in [3.63, 3.8) is 0 Å². The van der Waals surface area contributed by atoms with Crippen LogP contribution in [-0.4, -0.2) is 24.0 Å². The molecule has 0 fully saturated rings. The van der Waals surface area contributed by atoms with Crippen molar-refractivity contribution >= 4 is 24.0 Å². The number of anilines is 1. The van der Waals surface area contributed by atoms with Crippen molar-refractivity contribution in [1.29, 1.82) is 0 Å². The topological polar surface area (TPSA) is 63.2 Å². The number of nitrogens with one attached hydrogen (secondary N) is 2. The molecule has 1 amide bonds. The Hall–Kier alpha value is -2.11. The van der Waals surface area contributed by atoms with E-state index in [1.165, 1.54) is 0 Å². The molecule has 1 aromatic heterocycles. The molecular weight excluding hydrogens is 314 g/mol. The fourth-order valence-corrected chi connectivity index (χ4v) is 2.40. The van der Waals surface area contributed by atoms with E-state index in [9.17, 15) is 4.79 Å². The van der Waals surface area contributed by atoms with E-state index in [0.29, 0.717) is 19.4 Å². The number of benzene rings is 1. The average Bonchev–Trinajstić information content (AvgIpc) is 2.79. The zero-order valence-corrected chi connectivity index (χ0v) is 13.6. The summed E-state index contributed by atoms with van der Waals surface area (Å²) in [5.41, 5.74) is 2.80. The van der Waals surface area contributed by atoms with Crippen LogP contribution in [0.3, 0.4) is 0 Å². The molecule has 0 bridgehead atoms. The molecule has 0 saturated heterocycles. The van der Waals surface area contributed by atoms with E-state index in [4.69, 9.17) is 4.74 Å². The number of fused-ring (bicyclic) bond motifs is 1. The Morgan fingerprint density at radius 1 is 1.30 bits per heavy atom. The molecule has 1 aliphatic heterocycles. The van der Waals surface area contributed by atoms with Crippen molar-refractivity contribution < 1.29 is 9.53 Å². The summed E-state index contributed by atoms with van der Waals surface area (Å²) < 4.78 is 5.63. The molecule has 2 heterocycles. The van der Waals surface area contributed by atoms with Crippen LogP contribution in [0.1, 0.15) is 17.7 Å². The van der Waals surface area contributed by atoms with Gasteiger partial charge in [0.15, 0.2) is 0 Å². The maximum Gasteiger partial charge on any atom is 0.224 e. The minimum absolute atomic E-state index is 0. The molecule has 5 nitrogen and oxygen atoms in total. The summed E-state index contributed by atoms with van der Waals surface area (Å²) in [7, 11) is 0. The van der Waals surface area contributed by atoms with Crippen molar-refractivity contribution in [1.82, 2.24) is 10.3 Å². The molecule has 0 unspecified atom stereocenters. The lowest BCUT2D eigenvalue weighted by atomic mass is 10.1. The number of pyridine rings is 1. The van der Waals surface area contributed by atoms with Gasteiger partial charge in [-0.25, -0.2) is 0 Å². The van der Waals surface area contributed by atoms with Gasteiger partial charge in [-0.2, -0.15) is 0 Å². The zero-order valence-electron chi connectivity index (χ0n) is 12.7. The third-order valence-electron chi connectivity index (χ3n) is 3.53. The minimum Gasteiger partial charge on any atom is -0.492 e. The molecule has 1 aromatic carbocycles. The van der Waals surface area contributed by atoms with Gasteiger partial charge in [-0.15, -0.1) is 12.4 Å². The molecule has 3 rings (SSSR count). The second-order valence-corrected chi connectivity index (χ2v) is 5.22. The summed E-state index contributed by atoms with van der Waals surface area (Å²) in [5.74, 6) is 0.879. The van der Waals surface area contributed by atoms with E-state index in [1.54, 1.807) is 6.20 Å². The monoisotopic (exact) mass is 333 g/mol. The Bertz CT molecular complexity index is 650. The van der Waals surface area contributed by atoms with Gasteiger partial charge in [-0.1, -0.05) is 6.07 Å². The van der Waals surface area contributed by atoms with Crippen molar-refractivity contribution in [3.8, 4) is 5.75 Å². The van der Waals surface area contributed by atoms with Gasteiger partial charge in [-0.3, -0.25) is 9.78 Å². The quantitative estimate of drug-likeness (QED) is 0.902. The lowest BCUT2D eigenvalue weighted by Gasteiger charge is -2.10. The number of rotatable bonds is 4. The molecule has 23 heavy (non-hydrogen) atoms. The van der Waals surface area contributed by atoms with Crippen molar-refractivity contribution in [2.45, 2.75) is 19.4 Å². The third-order valence-corrected chi connectivity index (χ3v) is 3.53. The predicted molar refractivity (Wildman–Crippen MR) is 92.1 cm³/mol. The lowest BCUT2D eigenvalue weighted by molar-refractivity contribution is -0.116. The van der Waals surface area contributed by atoms with Crippen LogP contribution in [0.15, 0.2) is 42.6 Å². The first-order chi connectivity index (χ1) is 10.8. The number of hydrogen-bond acceptors (Lipinski definition) is 4. The van der Waals surface area contributed by atoms with Gasteiger partial charge in [-0.05, 0) is 36.8 Å². The second-order valence-electron chi connectivity index (χ2n) is 5.22. The number of aryl methyl sites for hydroxylation is 1. The normalized spacial score (nSPS) is 13.0. The fraction of sp³-hybridized carbons (Fsp3) is 0.294. The molecule has 0 aliphatic carbocycles. The Balaban J connectivity index is 0.00000192. The summed E-state index contributed by atoms with van der Waals surface area (Å²) in [6, 6.07) is 11.5. The van der Waals surface area contributed by atoms with Gasteiger partial charge in [0.1, 0.15) is 12.4 Å². The predicted octanol–water partition coefficient (Wildman–Crippen LogP) is 2.56. The molecule has 0 atom stereocenters. The number of ether oxygens (including phenoxy) is 1. The summed E-state index contributed by atoms with van der Waals surface area (Å²) >= 11 is 0. The number of amides is 1. The van der Waals surface area contributed by atoms with E-state index in [-0.39, 0.29) is 18.3 Å². The maximum absolute atomic E-state index is 12.0. The Kier molecular flexibility index (Phi) is 6.38. The molecule has 0 radical (unpaired) electrons. The summed E-state index contributed by atoms with van der Waals surface area (Å²) in [6.45, 7) is 2.26. The number of halogens is 1. The first-order valence-electron chi connectivity index (χ1n) is 7.47. The standard InChI is InChI=1S/C17H19N3O2.ClH/c21-17(7-5-14-3-1-2-8-19-14)20-15-4-6-16-13(11-15)12-18-9-10-22-16;/h1-4,6,8,11,18H,5,7,9-10,12H2,(H,20,21);1H. The molecule has 122 valence electrons. The van der Waals surface area contributed by atoms with Crippen molar-refractivity contribution in [3.05, 3.63) is 53.9 Å². The van der Waals surface area contributed by atoms with E-state index in [0.717, 1.165) is 35.8 Å². The van der Waals surface area contributed by atoms with E-state index < -0.39 is 0 Å². The van der Waals surface area contributed by atoms with Crippen LogP contribution in [0.25, 0.3) is 0 Å². The van der Waals surface area contributed by atoms with Gasteiger partial charge in [0.2, 0.25) is 5.91 Å². The average molecular weight is 334 g/mol. The largest absolute Gasteiger partial charge is 0.492 e. The Morgan fingerprint density at radius 3 is 3.04 bits per heavy atom. The van der Waals surface area contributed by atoms with Gasteiger partial charge in [0, 0.05) is 42.7 Å². The number of nitrogens with zero attached hydrogens (tertiary/aromatic N) is 1. The van der Waals surface area contributed by atoms with Crippen molar-refractivity contribution in [2.75, 3.05) is 18.5 Å². The van der Waals surface area contributed by atoms with Gasteiger partial charge < -0.3 is 15.4 Å². The van der Waals surface area contributed by atoms with E-state index >= 15 is 0 Å². The highest BCUT2D eigenvalue weighted by atomic mass is 35.5. The first-order valence-corrected chi connectivity index (χ1v) is 7.47. The number of hydrogen-bond donors (Lipinski definition) is 2. The number of carbonyl (C=O) groups is 1. The Labute approximate surface area is 141 Å². The summed E-state index contributed by atoms with van der Waals surface area (Å²) in [4.78, 5) is 16.3. The molecule has 1 aliphatic rings. The molecular formula is C17H20ClN3O2. The smallest absolute Gasteiger partial charge is 0.224 e. The fourth-order valence-electron chi connectivity index (χ4n) is 2.40. The highest BCUT2D eigenvalue weighted by Crippen LogP contribution is 2.24. The van der Waals surface area contributed by atoms with Crippen LogP contribution in [0, 0.1) is 0 Å². The third kappa shape index (κ3) is 4.94.